The van der Waals surface area contributed by atoms with Crippen LogP contribution in [0.4, 0.5) is 0 Å². The number of carbonyl (C=O) groups excluding carboxylic acids is 1. The lowest BCUT2D eigenvalue weighted by Gasteiger charge is -2.28. The number of ether oxygens (including phenoxy) is 2. The second kappa shape index (κ2) is 38.8. The number of esters is 1. The maximum atomic E-state index is 12.6. The molecule has 0 aliphatic heterocycles. The molecule has 318 valence electrons. The lowest BCUT2D eigenvalue weighted by Crippen LogP contribution is -2.37. The largest absolute Gasteiger partial charge is 0.756 e. The highest BCUT2D eigenvalue weighted by molar-refractivity contribution is 7.45. The van der Waals surface area contributed by atoms with Gasteiger partial charge in [-0.15, -0.1) is 0 Å². The van der Waals surface area contributed by atoms with E-state index in [0.717, 1.165) is 44.9 Å². The smallest absolute Gasteiger partial charge is 0.306 e. The molecule has 0 aliphatic carbocycles. The topological polar surface area (TPSA) is 94.1 Å². The van der Waals surface area contributed by atoms with E-state index in [-0.39, 0.29) is 26.2 Å². The molecule has 0 saturated heterocycles. The molecule has 9 heteroatoms. The van der Waals surface area contributed by atoms with Gasteiger partial charge in [-0.1, -0.05) is 177 Å². The van der Waals surface area contributed by atoms with Gasteiger partial charge < -0.3 is 27.9 Å². The monoisotopic (exact) mass is 792 g/mol. The number of carbonyl (C=O) groups is 1. The molecule has 0 amide bonds. The fourth-order valence-corrected chi connectivity index (χ4v) is 6.16. The molecule has 0 aromatic carbocycles. The van der Waals surface area contributed by atoms with Crippen molar-refractivity contribution in [2.24, 2.45) is 0 Å². The number of phosphoric ester groups is 1. The molecule has 0 rings (SSSR count). The SMILES string of the molecule is CCCC=CC=CC=CCCC=CCCC=CC=CCCC(=O)OC(COCCCCCCCCCCCCCCCC)COP(=O)([O-])OCC[N+](C)(C)C. The average molecular weight is 792 g/mol. The summed E-state index contributed by atoms with van der Waals surface area (Å²) in [5, 5.41) is 0. The molecule has 2 unspecified atom stereocenters. The first-order valence-electron chi connectivity index (χ1n) is 21.7. The fraction of sp³-hybridized carbons (Fsp3) is 0.717. The van der Waals surface area contributed by atoms with Crippen LogP contribution in [-0.4, -0.2) is 70.7 Å². The highest BCUT2D eigenvalue weighted by atomic mass is 31.2. The van der Waals surface area contributed by atoms with Crippen molar-refractivity contribution in [2.75, 3.05) is 54.1 Å². The van der Waals surface area contributed by atoms with Crippen molar-refractivity contribution in [1.82, 2.24) is 0 Å². The second-order valence-electron chi connectivity index (χ2n) is 15.4. The third-order valence-electron chi connectivity index (χ3n) is 8.80. The minimum atomic E-state index is -4.55. The Kier molecular flexibility index (Phi) is 37.3. The number of quaternary nitrogens is 1. The normalized spacial score (nSPS) is 14.5. The molecule has 0 aromatic heterocycles. The van der Waals surface area contributed by atoms with E-state index in [2.05, 4.69) is 68.5 Å². The third-order valence-corrected chi connectivity index (χ3v) is 9.76. The Bertz CT molecular complexity index is 1110. The summed E-state index contributed by atoms with van der Waals surface area (Å²) in [5.41, 5.74) is 0. The Morgan fingerprint density at radius 1 is 0.564 bits per heavy atom. The first kappa shape index (κ1) is 52.9. The predicted molar refractivity (Wildman–Crippen MR) is 231 cm³/mol. The lowest BCUT2D eigenvalue weighted by molar-refractivity contribution is -0.870. The Morgan fingerprint density at radius 2 is 1.04 bits per heavy atom. The van der Waals surface area contributed by atoms with Gasteiger partial charge in [0.2, 0.25) is 0 Å². The van der Waals surface area contributed by atoms with Crippen LogP contribution in [-0.2, 0) is 27.9 Å². The van der Waals surface area contributed by atoms with Gasteiger partial charge in [0.1, 0.15) is 19.3 Å². The zero-order valence-electron chi connectivity index (χ0n) is 35.8. The van der Waals surface area contributed by atoms with Gasteiger partial charge in [0.05, 0.1) is 34.4 Å². The maximum absolute atomic E-state index is 12.6. The summed E-state index contributed by atoms with van der Waals surface area (Å²) in [6.45, 7) is 5.21. The van der Waals surface area contributed by atoms with Crippen molar-refractivity contribution in [3.63, 3.8) is 0 Å². The molecule has 0 spiro atoms. The van der Waals surface area contributed by atoms with Crippen molar-refractivity contribution in [3.8, 4) is 0 Å². The van der Waals surface area contributed by atoms with Crippen LogP contribution in [0.5, 0.6) is 0 Å². The zero-order chi connectivity index (χ0) is 40.6. The molecule has 55 heavy (non-hydrogen) atoms. The summed E-state index contributed by atoms with van der Waals surface area (Å²) < 4.78 is 34.5. The quantitative estimate of drug-likeness (QED) is 0.0153. The maximum Gasteiger partial charge on any atom is 0.306 e. The summed E-state index contributed by atoms with van der Waals surface area (Å²) in [6.07, 6.45) is 49.3. The number of unbranched alkanes of at least 4 members (excludes halogenated alkanes) is 16. The lowest BCUT2D eigenvalue weighted by atomic mass is 10.0. The van der Waals surface area contributed by atoms with Crippen LogP contribution < -0.4 is 4.89 Å². The molecule has 0 aromatic rings. The van der Waals surface area contributed by atoms with Gasteiger partial charge in [0.15, 0.2) is 0 Å². The van der Waals surface area contributed by atoms with Crippen molar-refractivity contribution in [2.45, 2.75) is 161 Å². The molecule has 0 bridgehead atoms. The first-order chi connectivity index (χ1) is 26.6. The summed E-state index contributed by atoms with van der Waals surface area (Å²) in [4.78, 5) is 25.0. The van der Waals surface area contributed by atoms with Gasteiger partial charge in [0.25, 0.3) is 7.82 Å². The van der Waals surface area contributed by atoms with E-state index in [1.807, 2.05) is 39.4 Å². The number of hydrogen-bond acceptors (Lipinski definition) is 7. The van der Waals surface area contributed by atoms with Crippen molar-refractivity contribution in [1.29, 1.82) is 0 Å². The molecule has 0 heterocycles. The average Bonchev–Trinajstić information content (AvgIpc) is 3.13. The highest BCUT2D eigenvalue weighted by Crippen LogP contribution is 2.38. The van der Waals surface area contributed by atoms with Gasteiger partial charge in [-0.25, -0.2) is 0 Å². The van der Waals surface area contributed by atoms with Crippen LogP contribution in [0.2, 0.25) is 0 Å². The molecule has 8 nitrogen and oxygen atoms in total. The molecular weight excluding hydrogens is 709 g/mol. The van der Waals surface area contributed by atoms with Crippen LogP contribution in [0, 0.1) is 0 Å². The van der Waals surface area contributed by atoms with Crippen LogP contribution >= 0.6 is 7.82 Å². The van der Waals surface area contributed by atoms with E-state index in [0.29, 0.717) is 24.1 Å². The number of phosphoric acid groups is 1. The molecule has 2 atom stereocenters. The van der Waals surface area contributed by atoms with Crippen LogP contribution in [0.25, 0.3) is 0 Å². The van der Waals surface area contributed by atoms with E-state index < -0.39 is 19.9 Å². The predicted octanol–water partition coefficient (Wildman–Crippen LogP) is 12.1. The van der Waals surface area contributed by atoms with Gasteiger partial charge >= 0.3 is 5.97 Å². The molecule has 0 N–H and O–H groups in total. The Hall–Kier alpha value is -2.06. The van der Waals surface area contributed by atoms with Gasteiger partial charge in [-0.05, 0) is 44.9 Å². The van der Waals surface area contributed by atoms with Crippen molar-refractivity contribution < 1.29 is 37.3 Å². The molecule has 0 radical (unpaired) electrons. The Balaban J connectivity index is 4.39. The zero-order valence-corrected chi connectivity index (χ0v) is 36.7. The summed E-state index contributed by atoms with van der Waals surface area (Å²) in [6, 6.07) is 0. The Morgan fingerprint density at radius 3 is 1.56 bits per heavy atom. The van der Waals surface area contributed by atoms with Crippen LogP contribution in [0.3, 0.4) is 0 Å². The first-order valence-corrected chi connectivity index (χ1v) is 23.2. The number of likely N-dealkylation sites (N-methyl/N-ethyl adjacent to an activating group) is 1. The van der Waals surface area contributed by atoms with Crippen LogP contribution in [0.15, 0.2) is 72.9 Å². The van der Waals surface area contributed by atoms with E-state index in [4.69, 9.17) is 18.5 Å². The minimum Gasteiger partial charge on any atom is -0.756 e. The number of nitrogens with zero attached hydrogens (tertiary/aromatic N) is 1. The fourth-order valence-electron chi connectivity index (χ4n) is 5.43. The molecule has 0 aliphatic rings. The van der Waals surface area contributed by atoms with Gasteiger partial charge in [0, 0.05) is 13.0 Å². The second-order valence-corrected chi connectivity index (χ2v) is 16.8. The number of hydrogen-bond donors (Lipinski definition) is 0. The van der Waals surface area contributed by atoms with Gasteiger partial charge in [-0.2, -0.15) is 0 Å². The van der Waals surface area contributed by atoms with Crippen LogP contribution in [0.1, 0.15) is 155 Å². The standard InChI is InChI=1S/C46H82NO7P/c1-6-8-10-12-14-16-18-20-22-23-24-25-26-27-29-31-33-35-37-39-46(48)54-45(44-53-55(49,50)52-42-40-47(3,4)5)43-51-41-38-36-34-32-30-28-21-19-17-15-13-11-9-7-2/h10,12,14,16,18,20,24-25,29,31,33,35,45H,6-9,11,13,15,17,19,21-23,26-28,30,32,34,36-44H2,1-5H3. The molecule has 0 saturated carbocycles. The summed E-state index contributed by atoms with van der Waals surface area (Å²) in [5.74, 6) is -0.422. The van der Waals surface area contributed by atoms with Gasteiger partial charge in [-0.3, -0.25) is 9.36 Å². The van der Waals surface area contributed by atoms with Crippen molar-refractivity contribution in [3.05, 3.63) is 72.9 Å². The van der Waals surface area contributed by atoms with E-state index >= 15 is 0 Å². The third kappa shape index (κ3) is 42.9. The number of allylic oxidation sites excluding steroid dienone is 12. The van der Waals surface area contributed by atoms with E-state index in [1.54, 1.807) is 0 Å². The molecule has 0 fully saturated rings. The minimum absolute atomic E-state index is 0.00960. The van der Waals surface area contributed by atoms with E-state index in [9.17, 15) is 14.3 Å². The van der Waals surface area contributed by atoms with E-state index in [1.165, 1.54) is 83.5 Å². The highest BCUT2D eigenvalue weighted by Gasteiger charge is 2.20. The Labute approximate surface area is 338 Å². The number of rotatable bonds is 39. The summed E-state index contributed by atoms with van der Waals surface area (Å²) in [7, 11) is 1.30. The van der Waals surface area contributed by atoms with Crippen molar-refractivity contribution >= 4 is 13.8 Å². The molecular formula is C46H82NO7P. The summed E-state index contributed by atoms with van der Waals surface area (Å²) >= 11 is 0.